The molecule has 9 heteroatoms. The highest BCUT2D eigenvalue weighted by molar-refractivity contribution is 7.99. The minimum atomic E-state index is -3.60. The highest BCUT2D eigenvalue weighted by Crippen LogP contribution is 2.25. The Morgan fingerprint density at radius 1 is 1.11 bits per heavy atom. The monoisotopic (exact) mass is 431 g/mol. The molecule has 2 heterocycles. The Morgan fingerprint density at radius 2 is 1.81 bits per heavy atom. The number of piperidine rings is 1. The molecular formula is C18H26ClN3O3S2. The fourth-order valence-corrected chi connectivity index (χ4v) is 6.19. The molecule has 6 nitrogen and oxygen atoms in total. The zero-order valence-corrected chi connectivity index (χ0v) is 17.7. The van der Waals surface area contributed by atoms with Gasteiger partial charge in [0, 0.05) is 37.7 Å². The van der Waals surface area contributed by atoms with E-state index >= 15 is 0 Å². The average Bonchev–Trinajstić information content (AvgIpc) is 2.69. The van der Waals surface area contributed by atoms with Gasteiger partial charge in [0.05, 0.1) is 15.5 Å². The molecule has 1 amide bonds. The molecule has 2 fully saturated rings. The van der Waals surface area contributed by atoms with Crippen LogP contribution in [0.1, 0.15) is 29.6 Å². The molecule has 0 aliphatic carbocycles. The number of nitrogens with zero attached hydrogens (tertiary/aromatic N) is 2. The normalized spacial score (nSPS) is 19.7. The number of halogens is 1. The van der Waals surface area contributed by atoms with E-state index in [2.05, 4.69) is 10.2 Å². The van der Waals surface area contributed by atoms with Crippen molar-refractivity contribution in [2.75, 3.05) is 50.8 Å². The smallest absolute Gasteiger partial charge is 0.252 e. The van der Waals surface area contributed by atoms with Crippen LogP contribution in [0.5, 0.6) is 0 Å². The summed E-state index contributed by atoms with van der Waals surface area (Å²) >= 11 is 7.92. The van der Waals surface area contributed by atoms with Crippen LogP contribution < -0.4 is 5.32 Å². The van der Waals surface area contributed by atoms with Gasteiger partial charge in [-0.05, 0) is 44.1 Å². The average molecular weight is 432 g/mol. The molecule has 3 rings (SSSR count). The van der Waals surface area contributed by atoms with E-state index in [4.69, 9.17) is 11.6 Å². The van der Waals surface area contributed by atoms with Gasteiger partial charge < -0.3 is 10.2 Å². The van der Waals surface area contributed by atoms with Gasteiger partial charge in [0.2, 0.25) is 10.0 Å². The third-order valence-electron chi connectivity index (χ3n) is 4.95. The Hall–Kier alpha value is -0.800. The van der Waals surface area contributed by atoms with Crippen LogP contribution in [0.25, 0.3) is 0 Å². The van der Waals surface area contributed by atoms with E-state index in [0.29, 0.717) is 19.6 Å². The summed E-state index contributed by atoms with van der Waals surface area (Å²) in [5.74, 6) is 1.25. The van der Waals surface area contributed by atoms with Crippen LogP contribution in [0, 0.1) is 0 Å². The lowest BCUT2D eigenvalue weighted by Crippen LogP contribution is -2.38. The largest absolute Gasteiger partial charge is 0.351 e. The lowest BCUT2D eigenvalue weighted by atomic mass is 10.1. The first-order valence-electron chi connectivity index (χ1n) is 9.36. The van der Waals surface area contributed by atoms with Gasteiger partial charge in [0.1, 0.15) is 0 Å². The summed E-state index contributed by atoms with van der Waals surface area (Å²) in [4.78, 5) is 15.0. The second-order valence-corrected chi connectivity index (χ2v) is 10.4. The summed E-state index contributed by atoms with van der Waals surface area (Å²) in [7, 11) is -3.60. The van der Waals surface area contributed by atoms with Crippen LogP contribution in [0.3, 0.4) is 0 Å². The molecular weight excluding hydrogens is 406 g/mol. The van der Waals surface area contributed by atoms with Gasteiger partial charge in [0.25, 0.3) is 5.91 Å². The fraction of sp³-hybridized carbons (Fsp3) is 0.611. The quantitative estimate of drug-likeness (QED) is 0.748. The first-order valence-corrected chi connectivity index (χ1v) is 12.3. The highest BCUT2D eigenvalue weighted by atomic mass is 35.5. The van der Waals surface area contributed by atoms with Crippen molar-refractivity contribution in [1.82, 2.24) is 14.5 Å². The molecule has 1 aromatic carbocycles. The zero-order valence-electron chi connectivity index (χ0n) is 15.3. The van der Waals surface area contributed by atoms with E-state index in [1.807, 2.05) is 0 Å². The molecule has 1 N–H and O–H groups in total. The number of carbonyl (C=O) groups is 1. The minimum Gasteiger partial charge on any atom is -0.351 e. The lowest BCUT2D eigenvalue weighted by Gasteiger charge is -2.26. The first kappa shape index (κ1) is 20.9. The van der Waals surface area contributed by atoms with Crippen molar-refractivity contribution in [3.05, 3.63) is 28.8 Å². The number of likely N-dealkylation sites (tertiary alicyclic amines) is 1. The van der Waals surface area contributed by atoms with Gasteiger partial charge in [-0.2, -0.15) is 16.1 Å². The molecule has 0 aromatic heterocycles. The molecule has 2 aliphatic rings. The van der Waals surface area contributed by atoms with Crippen molar-refractivity contribution in [2.45, 2.75) is 24.2 Å². The molecule has 0 saturated carbocycles. The van der Waals surface area contributed by atoms with Crippen LogP contribution in [-0.4, -0.2) is 74.3 Å². The SMILES string of the molecule is O=C(NCCN1CCCCC1)c1cc(S(=O)(=O)N2CCSCC2)ccc1Cl. The molecule has 150 valence electrons. The summed E-state index contributed by atoms with van der Waals surface area (Å²) in [5, 5.41) is 3.13. The first-order chi connectivity index (χ1) is 13.0. The number of hydrogen-bond acceptors (Lipinski definition) is 5. The van der Waals surface area contributed by atoms with Gasteiger partial charge in [-0.15, -0.1) is 0 Å². The Labute approximate surface area is 170 Å². The fourth-order valence-electron chi connectivity index (χ4n) is 3.38. The lowest BCUT2D eigenvalue weighted by molar-refractivity contribution is 0.0946. The minimum absolute atomic E-state index is 0.125. The van der Waals surface area contributed by atoms with Gasteiger partial charge >= 0.3 is 0 Å². The summed E-state index contributed by atoms with van der Waals surface area (Å²) in [5.41, 5.74) is 0.211. The summed E-state index contributed by atoms with van der Waals surface area (Å²) in [6.07, 6.45) is 3.68. The number of thioether (sulfide) groups is 1. The van der Waals surface area contributed by atoms with E-state index in [1.54, 1.807) is 11.8 Å². The maximum absolute atomic E-state index is 12.8. The van der Waals surface area contributed by atoms with Crippen LogP contribution >= 0.6 is 23.4 Å². The third kappa shape index (κ3) is 5.38. The van der Waals surface area contributed by atoms with Crippen LogP contribution in [0.4, 0.5) is 0 Å². The molecule has 0 spiro atoms. The van der Waals surface area contributed by atoms with E-state index in [-0.39, 0.29) is 21.4 Å². The molecule has 27 heavy (non-hydrogen) atoms. The number of benzene rings is 1. The zero-order chi connectivity index (χ0) is 19.3. The van der Waals surface area contributed by atoms with Crippen molar-refractivity contribution in [3.63, 3.8) is 0 Å². The number of nitrogens with one attached hydrogen (secondary N) is 1. The molecule has 2 saturated heterocycles. The van der Waals surface area contributed by atoms with Crippen molar-refractivity contribution in [2.24, 2.45) is 0 Å². The summed E-state index contributed by atoms with van der Waals surface area (Å²) in [6.45, 7) is 4.44. The Balaban J connectivity index is 1.66. The Kier molecular flexibility index (Phi) is 7.44. The number of amides is 1. The summed E-state index contributed by atoms with van der Waals surface area (Å²) in [6, 6.07) is 4.37. The third-order valence-corrected chi connectivity index (χ3v) is 8.12. The van der Waals surface area contributed by atoms with Gasteiger partial charge in [0.15, 0.2) is 0 Å². The molecule has 0 unspecified atom stereocenters. The molecule has 0 atom stereocenters. The van der Waals surface area contributed by atoms with E-state index in [0.717, 1.165) is 31.1 Å². The van der Waals surface area contributed by atoms with Crippen LogP contribution in [-0.2, 0) is 10.0 Å². The molecule has 1 aromatic rings. The maximum Gasteiger partial charge on any atom is 0.252 e. The molecule has 2 aliphatic heterocycles. The van der Waals surface area contributed by atoms with Crippen molar-refractivity contribution >= 4 is 39.3 Å². The molecule has 0 bridgehead atoms. The van der Waals surface area contributed by atoms with Gasteiger partial charge in [-0.1, -0.05) is 18.0 Å². The summed E-state index contributed by atoms with van der Waals surface area (Å²) < 4.78 is 27.1. The predicted molar refractivity (Wildman–Crippen MR) is 110 cm³/mol. The Morgan fingerprint density at radius 3 is 2.52 bits per heavy atom. The maximum atomic E-state index is 12.8. The number of carbonyl (C=O) groups excluding carboxylic acids is 1. The van der Waals surface area contributed by atoms with Gasteiger partial charge in [-0.3, -0.25) is 4.79 Å². The Bertz CT molecular complexity index is 761. The van der Waals surface area contributed by atoms with Crippen LogP contribution in [0.2, 0.25) is 5.02 Å². The standard InChI is InChI=1S/C18H26ClN3O3S2/c19-17-5-4-15(27(24,25)22-10-12-26-13-11-22)14-16(17)18(23)20-6-9-21-7-2-1-3-8-21/h4-5,14H,1-3,6-13H2,(H,20,23). The van der Waals surface area contributed by atoms with Gasteiger partial charge in [-0.25, -0.2) is 8.42 Å². The van der Waals surface area contributed by atoms with E-state index < -0.39 is 10.0 Å². The van der Waals surface area contributed by atoms with Crippen molar-refractivity contribution in [1.29, 1.82) is 0 Å². The van der Waals surface area contributed by atoms with Crippen molar-refractivity contribution in [3.8, 4) is 0 Å². The topological polar surface area (TPSA) is 69.7 Å². The molecule has 0 radical (unpaired) electrons. The van der Waals surface area contributed by atoms with Crippen LogP contribution in [0.15, 0.2) is 23.1 Å². The number of sulfonamides is 1. The number of hydrogen-bond donors (Lipinski definition) is 1. The highest BCUT2D eigenvalue weighted by Gasteiger charge is 2.27. The van der Waals surface area contributed by atoms with E-state index in [9.17, 15) is 13.2 Å². The van der Waals surface area contributed by atoms with Crippen molar-refractivity contribution < 1.29 is 13.2 Å². The predicted octanol–water partition coefficient (Wildman–Crippen LogP) is 2.29. The number of rotatable bonds is 6. The van der Waals surface area contributed by atoms with E-state index in [1.165, 1.54) is 41.8 Å². The second-order valence-electron chi connectivity index (χ2n) is 6.82. The second kappa shape index (κ2) is 9.60.